The van der Waals surface area contributed by atoms with Crippen LogP contribution >= 0.6 is 11.6 Å². The van der Waals surface area contributed by atoms with Crippen molar-refractivity contribution in [1.82, 2.24) is 0 Å². The SMILES string of the molecule is C[C@H]([C@]1(CCl)CCCCCCCCCCC1=O)[Sn]([CH3])([CH3])[CH3]. The van der Waals surface area contributed by atoms with Gasteiger partial charge in [0.15, 0.2) is 0 Å². The van der Waals surface area contributed by atoms with Crippen LogP contribution in [0.5, 0.6) is 0 Å². The van der Waals surface area contributed by atoms with Crippen LogP contribution < -0.4 is 0 Å². The minimum atomic E-state index is -2.15. The number of carbonyl (C=O) groups is 1. The average Bonchev–Trinajstić information content (AvgIpc) is 2.42. The van der Waals surface area contributed by atoms with Crippen molar-refractivity contribution in [3.05, 3.63) is 0 Å². The summed E-state index contributed by atoms with van der Waals surface area (Å²) in [6.07, 6.45) is 11.9. The molecule has 0 N–H and O–H groups in total. The van der Waals surface area contributed by atoms with Gasteiger partial charge in [0.05, 0.1) is 0 Å². The fraction of sp³-hybridized carbons (Fsp3) is 0.944. The second-order valence-corrected chi connectivity index (χ2v) is 24.4. The number of halogens is 1. The molecule has 0 aromatic carbocycles. The van der Waals surface area contributed by atoms with Gasteiger partial charge in [0.25, 0.3) is 0 Å². The molecule has 0 aromatic heterocycles. The summed E-state index contributed by atoms with van der Waals surface area (Å²) in [7, 11) is 0. The first-order chi connectivity index (χ1) is 9.84. The van der Waals surface area contributed by atoms with E-state index in [4.69, 9.17) is 11.6 Å². The van der Waals surface area contributed by atoms with E-state index in [1.54, 1.807) is 0 Å². The summed E-state index contributed by atoms with van der Waals surface area (Å²) in [5.74, 6) is 1.03. The first-order valence-corrected chi connectivity index (χ1v) is 19.7. The summed E-state index contributed by atoms with van der Waals surface area (Å²) in [6.45, 7) is 2.34. The van der Waals surface area contributed by atoms with Gasteiger partial charge in [-0.15, -0.1) is 0 Å². The number of Topliss-reactive ketones (excluding diaryl/α,β-unsaturated/α-hetero) is 1. The molecule has 1 nitrogen and oxygen atoms in total. The predicted molar refractivity (Wildman–Crippen MR) is 97.1 cm³/mol. The van der Waals surface area contributed by atoms with E-state index in [-0.39, 0.29) is 5.41 Å². The van der Waals surface area contributed by atoms with Crippen molar-refractivity contribution < 1.29 is 4.79 Å². The Kier molecular flexibility index (Phi) is 8.63. The topological polar surface area (TPSA) is 17.1 Å². The van der Waals surface area contributed by atoms with Crippen LogP contribution in [0.2, 0.25) is 18.8 Å². The molecule has 0 bridgehead atoms. The van der Waals surface area contributed by atoms with E-state index in [0.29, 0.717) is 15.6 Å². The van der Waals surface area contributed by atoms with Crippen LogP contribution in [0.15, 0.2) is 0 Å². The van der Waals surface area contributed by atoms with E-state index >= 15 is 0 Å². The molecule has 3 heteroatoms. The predicted octanol–water partition coefficient (Wildman–Crippen LogP) is 6.42. The molecule has 0 spiro atoms. The van der Waals surface area contributed by atoms with Crippen LogP contribution in [-0.4, -0.2) is 30.0 Å². The van der Waals surface area contributed by atoms with Crippen LogP contribution in [0.4, 0.5) is 0 Å². The summed E-state index contributed by atoms with van der Waals surface area (Å²) in [5.41, 5.74) is -0.213. The Labute approximate surface area is 141 Å². The summed E-state index contributed by atoms with van der Waals surface area (Å²) >= 11 is 4.29. The molecule has 2 atom stereocenters. The molecule has 0 saturated heterocycles. The van der Waals surface area contributed by atoms with Crippen LogP contribution in [0.1, 0.15) is 71.1 Å². The monoisotopic (exact) mass is 422 g/mol. The van der Waals surface area contributed by atoms with Gasteiger partial charge in [-0.1, -0.05) is 0 Å². The van der Waals surface area contributed by atoms with E-state index in [9.17, 15) is 4.79 Å². The third-order valence-electron chi connectivity index (χ3n) is 5.70. The Hall–Kier alpha value is 0.759. The molecular formula is C18H35ClOSn. The van der Waals surface area contributed by atoms with Crippen molar-refractivity contribution in [2.45, 2.75) is 89.9 Å². The Morgan fingerprint density at radius 3 is 1.95 bits per heavy atom. The van der Waals surface area contributed by atoms with Gasteiger partial charge in [0.2, 0.25) is 0 Å². The number of hydrogen-bond donors (Lipinski definition) is 0. The Morgan fingerprint density at radius 1 is 1.00 bits per heavy atom. The number of carbonyl (C=O) groups excluding carboxylic acids is 1. The Balaban J connectivity index is 2.93. The molecule has 1 saturated carbocycles. The Morgan fingerprint density at radius 2 is 1.48 bits per heavy atom. The molecule has 1 aliphatic rings. The van der Waals surface area contributed by atoms with Gasteiger partial charge in [-0.2, -0.15) is 0 Å². The van der Waals surface area contributed by atoms with Crippen molar-refractivity contribution in [3.8, 4) is 0 Å². The fourth-order valence-electron chi connectivity index (χ4n) is 3.72. The van der Waals surface area contributed by atoms with Crippen LogP contribution in [-0.2, 0) is 4.79 Å². The zero-order valence-corrected chi connectivity index (χ0v) is 18.3. The van der Waals surface area contributed by atoms with Gasteiger partial charge in [-0.25, -0.2) is 0 Å². The molecule has 0 radical (unpaired) electrons. The maximum atomic E-state index is 13.0. The van der Waals surface area contributed by atoms with Crippen molar-refractivity contribution in [1.29, 1.82) is 0 Å². The molecule has 1 fully saturated rings. The standard InChI is InChI=1S/C15H26ClO.3CH3.Sn/c1-2-15(13-16)12-10-8-6-4-3-5-7-9-11-14(15)17;;;;/h2H,3-13H2,1H3;3*1H3;/t15-;;;;/m1..../s1. The van der Waals surface area contributed by atoms with Gasteiger partial charge in [-0.05, 0) is 0 Å². The molecular weight excluding hydrogens is 386 g/mol. The summed E-state index contributed by atoms with van der Waals surface area (Å²) in [6, 6.07) is 0. The summed E-state index contributed by atoms with van der Waals surface area (Å²) < 4.78 is 0.541. The second kappa shape index (κ2) is 9.15. The molecule has 0 aliphatic heterocycles. The van der Waals surface area contributed by atoms with Crippen molar-refractivity contribution in [2.75, 3.05) is 5.88 Å². The van der Waals surface area contributed by atoms with Gasteiger partial charge >= 0.3 is 142 Å². The summed E-state index contributed by atoms with van der Waals surface area (Å²) in [4.78, 5) is 20.4. The van der Waals surface area contributed by atoms with Gasteiger partial charge in [-0.3, -0.25) is 0 Å². The minimum absolute atomic E-state index is 0.213. The van der Waals surface area contributed by atoms with Crippen molar-refractivity contribution in [3.63, 3.8) is 0 Å². The molecule has 0 unspecified atom stereocenters. The molecule has 0 aromatic rings. The van der Waals surface area contributed by atoms with Gasteiger partial charge < -0.3 is 0 Å². The molecule has 124 valence electrons. The van der Waals surface area contributed by atoms with E-state index in [1.807, 2.05) is 0 Å². The molecule has 0 heterocycles. The van der Waals surface area contributed by atoms with Crippen molar-refractivity contribution in [2.24, 2.45) is 5.41 Å². The molecule has 21 heavy (non-hydrogen) atoms. The van der Waals surface area contributed by atoms with E-state index in [0.717, 1.165) is 19.3 Å². The maximum absolute atomic E-state index is 13.0. The Bertz CT molecular complexity index is 324. The molecule has 0 amide bonds. The van der Waals surface area contributed by atoms with E-state index < -0.39 is 18.4 Å². The van der Waals surface area contributed by atoms with E-state index in [1.165, 1.54) is 44.9 Å². The van der Waals surface area contributed by atoms with E-state index in [2.05, 4.69) is 21.7 Å². The normalized spacial score (nSPS) is 28.5. The van der Waals surface area contributed by atoms with Gasteiger partial charge in [0, 0.05) is 0 Å². The fourth-order valence-corrected chi connectivity index (χ4v) is 10.5. The van der Waals surface area contributed by atoms with Crippen LogP contribution in [0.3, 0.4) is 0 Å². The number of rotatable bonds is 3. The van der Waals surface area contributed by atoms with Gasteiger partial charge in [0.1, 0.15) is 0 Å². The third-order valence-corrected chi connectivity index (χ3v) is 15.2. The first-order valence-electron chi connectivity index (χ1n) is 8.94. The molecule has 1 rings (SSSR count). The third kappa shape index (κ3) is 5.71. The van der Waals surface area contributed by atoms with Crippen LogP contribution in [0, 0.1) is 5.41 Å². The number of hydrogen-bond acceptors (Lipinski definition) is 1. The summed E-state index contributed by atoms with van der Waals surface area (Å²) in [5, 5.41) is 0. The van der Waals surface area contributed by atoms with Crippen LogP contribution in [0.25, 0.3) is 0 Å². The van der Waals surface area contributed by atoms with Crippen molar-refractivity contribution >= 4 is 35.8 Å². The second-order valence-electron chi connectivity index (χ2n) is 8.13. The quantitative estimate of drug-likeness (QED) is 0.379. The first kappa shape index (κ1) is 19.8. The number of alkyl halides is 1. The number of ketones is 1. The average molecular weight is 422 g/mol. The zero-order valence-electron chi connectivity index (χ0n) is 14.6. The molecule has 1 aliphatic carbocycles. The zero-order chi connectivity index (χ0) is 15.9.